The molecule has 0 aliphatic heterocycles. The minimum atomic E-state index is -0.372. The number of benzene rings is 1. The highest BCUT2D eigenvalue weighted by Gasteiger charge is 2.20. The van der Waals surface area contributed by atoms with E-state index in [1.165, 1.54) is 5.56 Å². The molecule has 34 heavy (non-hydrogen) atoms. The van der Waals surface area contributed by atoms with Crippen molar-refractivity contribution in [1.29, 1.82) is 0 Å². The highest BCUT2D eigenvalue weighted by atomic mass is 16.4. The van der Waals surface area contributed by atoms with Crippen LogP contribution in [0.3, 0.4) is 0 Å². The van der Waals surface area contributed by atoms with Gasteiger partial charge in [0.05, 0.1) is 5.69 Å². The second-order valence-electron chi connectivity index (χ2n) is 8.91. The lowest BCUT2D eigenvalue weighted by Crippen LogP contribution is -2.31. The monoisotopic (exact) mass is 457 g/mol. The topological polar surface area (TPSA) is 104 Å². The van der Waals surface area contributed by atoms with E-state index in [9.17, 15) is 4.79 Å². The van der Waals surface area contributed by atoms with Crippen molar-refractivity contribution in [2.75, 3.05) is 27.2 Å². The maximum Gasteiger partial charge on any atom is 0.308 e. The van der Waals surface area contributed by atoms with Crippen LogP contribution in [0.4, 0.5) is 0 Å². The van der Waals surface area contributed by atoms with Crippen molar-refractivity contribution in [3.05, 3.63) is 60.4 Å². The molecular weight excluding hydrogens is 430 g/mol. The zero-order valence-corrected chi connectivity index (χ0v) is 19.7. The zero-order chi connectivity index (χ0) is 23.8. The number of nitrogens with one attached hydrogen (secondary N) is 2. The summed E-state index contributed by atoms with van der Waals surface area (Å²) in [6.45, 7) is 5.59. The Balaban J connectivity index is 1.49. The van der Waals surface area contributed by atoms with Gasteiger partial charge in [-0.2, -0.15) is 0 Å². The van der Waals surface area contributed by atoms with Crippen LogP contribution in [0.5, 0.6) is 0 Å². The lowest BCUT2D eigenvalue weighted by molar-refractivity contribution is 0.0917. The number of hydrogen-bond acceptors (Lipinski definition) is 6. The molecule has 9 heteroatoms. The minimum absolute atomic E-state index is 0.0404. The Bertz CT molecular complexity index is 1480. The van der Waals surface area contributed by atoms with E-state index < -0.39 is 0 Å². The van der Waals surface area contributed by atoms with Crippen LogP contribution in [0.1, 0.15) is 36.0 Å². The molecule has 1 aromatic carbocycles. The highest BCUT2D eigenvalue weighted by molar-refractivity contribution is 5.94. The van der Waals surface area contributed by atoms with Crippen LogP contribution in [0.25, 0.3) is 39.3 Å². The van der Waals surface area contributed by atoms with Crippen molar-refractivity contribution in [3.63, 3.8) is 0 Å². The fourth-order valence-electron chi connectivity index (χ4n) is 4.14. The van der Waals surface area contributed by atoms with Crippen LogP contribution in [0.15, 0.2) is 53.3 Å². The van der Waals surface area contributed by atoms with Crippen LogP contribution in [0.2, 0.25) is 0 Å². The Morgan fingerprint density at radius 3 is 2.79 bits per heavy atom. The van der Waals surface area contributed by atoms with E-state index in [1.807, 2.05) is 53.9 Å². The molecule has 0 fully saturated rings. The van der Waals surface area contributed by atoms with Crippen molar-refractivity contribution in [2.45, 2.75) is 19.8 Å². The summed E-state index contributed by atoms with van der Waals surface area (Å²) in [5.41, 5.74) is 6.06. The van der Waals surface area contributed by atoms with Crippen molar-refractivity contribution in [3.8, 4) is 22.7 Å². The van der Waals surface area contributed by atoms with E-state index in [0.29, 0.717) is 12.4 Å². The number of likely N-dealkylation sites (N-methyl/N-ethyl adjacent to an activating group) is 1. The molecule has 9 nitrogen and oxygen atoms in total. The fraction of sp³-hybridized carbons (Fsp3) is 0.280. The van der Waals surface area contributed by atoms with Gasteiger partial charge in [0.15, 0.2) is 0 Å². The molecule has 0 bridgehead atoms. The molecule has 4 aromatic heterocycles. The summed E-state index contributed by atoms with van der Waals surface area (Å²) in [5.74, 6) is 0.180. The molecule has 0 aliphatic carbocycles. The van der Waals surface area contributed by atoms with Crippen LogP contribution >= 0.6 is 0 Å². The van der Waals surface area contributed by atoms with Gasteiger partial charge in [-0.15, -0.1) is 10.2 Å². The number of aromatic amines is 1. The Kier molecular flexibility index (Phi) is 5.62. The van der Waals surface area contributed by atoms with Crippen LogP contribution in [-0.2, 0) is 0 Å². The van der Waals surface area contributed by atoms with Gasteiger partial charge in [-0.3, -0.25) is 4.79 Å². The van der Waals surface area contributed by atoms with Crippen LogP contribution in [0, 0.1) is 0 Å². The summed E-state index contributed by atoms with van der Waals surface area (Å²) < 4.78 is 7.71. The molecule has 174 valence electrons. The average molecular weight is 458 g/mol. The molecule has 0 aliphatic rings. The molecule has 5 aromatic rings. The molecule has 0 radical (unpaired) electrons. The number of nitrogens with zero attached hydrogens (tertiary/aromatic N) is 5. The number of aromatic nitrogens is 5. The number of carbonyl (C=O) groups is 1. The van der Waals surface area contributed by atoms with Crippen molar-refractivity contribution in [1.82, 2.24) is 34.8 Å². The molecule has 1 amide bonds. The molecule has 5 rings (SSSR count). The number of pyridine rings is 1. The molecule has 0 saturated heterocycles. The Morgan fingerprint density at radius 2 is 2.00 bits per heavy atom. The SMILES string of the molecule is CC(C)c1c(-c2ccc3nccn3c2)[nH]c2ccc(-c3nnc(C(=O)NCCN(C)C)o3)cc12. The van der Waals surface area contributed by atoms with Crippen molar-refractivity contribution >= 4 is 22.5 Å². The number of H-pyrrole nitrogens is 1. The number of rotatable bonds is 7. The molecule has 0 spiro atoms. The summed E-state index contributed by atoms with van der Waals surface area (Å²) in [6, 6.07) is 10.1. The Morgan fingerprint density at radius 1 is 1.18 bits per heavy atom. The minimum Gasteiger partial charge on any atom is -0.412 e. The first kappa shape index (κ1) is 21.8. The summed E-state index contributed by atoms with van der Waals surface area (Å²) in [7, 11) is 3.89. The predicted octanol–water partition coefficient (Wildman–Crippen LogP) is 3.95. The molecule has 2 N–H and O–H groups in total. The number of carbonyl (C=O) groups excluding carboxylic acids is 1. The third kappa shape index (κ3) is 4.06. The van der Waals surface area contributed by atoms with Gasteiger partial charge in [0.1, 0.15) is 5.65 Å². The first-order valence-corrected chi connectivity index (χ1v) is 11.3. The molecule has 4 heterocycles. The maximum absolute atomic E-state index is 12.3. The lowest BCUT2D eigenvalue weighted by Gasteiger charge is -2.09. The van der Waals surface area contributed by atoms with E-state index in [0.717, 1.165) is 39.9 Å². The Labute approximate surface area is 196 Å². The van der Waals surface area contributed by atoms with Gasteiger partial charge in [-0.25, -0.2) is 4.98 Å². The third-order valence-electron chi connectivity index (χ3n) is 5.80. The smallest absolute Gasteiger partial charge is 0.308 e. The van der Waals surface area contributed by atoms with E-state index in [-0.39, 0.29) is 17.7 Å². The summed E-state index contributed by atoms with van der Waals surface area (Å²) in [6.07, 6.45) is 5.82. The second kappa shape index (κ2) is 8.75. The van der Waals surface area contributed by atoms with Gasteiger partial charge in [-0.05, 0) is 55.9 Å². The second-order valence-corrected chi connectivity index (χ2v) is 8.91. The predicted molar refractivity (Wildman–Crippen MR) is 131 cm³/mol. The number of amides is 1. The quantitative estimate of drug-likeness (QED) is 0.384. The van der Waals surface area contributed by atoms with E-state index in [4.69, 9.17) is 4.42 Å². The normalized spacial score (nSPS) is 11.8. The van der Waals surface area contributed by atoms with Crippen LogP contribution in [-0.4, -0.2) is 62.6 Å². The molecule has 0 atom stereocenters. The van der Waals surface area contributed by atoms with Crippen molar-refractivity contribution < 1.29 is 9.21 Å². The maximum atomic E-state index is 12.3. The van der Waals surface area contributed by atoms with Crippen LogP contribution < -0.4 is 5.32 Å². The number of fused-ring (bicyclic) bond motifs is 2. The molecular formula is C25H27N7O2. The van der Waals surface area contributed by atoms with E-state index in [2.05, 4.69) is 51.6 Å². The van der Waals surface area contributed by atoms with E-state index >= 15 is 0 Å². The zero-order valence-electron chi connectivity index (χ0n) is 19.7. The Hall–Kier alpha value is -3.98. The van der Waals surface area contributed by atoms with Gasteiger partial charge >= 0.3 is 11.8 Å². The lowest BCUT2D eigenvalue weighted by atomic mass is 9.96. The van der Waals surface area contributed by atoms with Crippen molar-refractivity contribution in [2.24, 2.45) is 0 Å². The summed E-state index contributed by atoms with van der Waals surface area (Å²) in [5, 5.41) is 11.9. The van der Waals surface area contributed by atoms with Gasteiger partial charge in [0.25, 0.3) is 0 Å². The fourth-order valence-corrected chi connectivity index (χ4v) is 4.14. The van der Waals surface area contributed by atoms with Gasteiger partial charge in [0, 0.05) is 53.7 Å². The van der Waals surface area contributed by atoms with E-state index in [1.54, 1.807) is 6.20 Å². The first-order valence-electron chi connectivity index (χ1n) is 11.3. The number of hydrogen-bond donors (Lipinski definition) is 2. The summed E-state index contributed by atoms with van der Waals surface area (Å²) >= 11 is 0. The van der Waals surface area contributed by atoms with Gasteiger partial charge in [-0.1, -0.05) is 13.8 Å². The van der Waals surface area contributed by atoms with Gasteiger partial charge < -0.3 is 24.0 Å². The highest BCUT2D eigenvalue weighted by Crippen LogP contribution is 2.37. The molecule has 0 saturated carbocycles. The summed E-state index contributed by atoms with van der Waals surface area (Å²) in [4.78, 5) is 22.2. The largest absolute Gasteiger partial charge is 0.412 e. The van der Waals surface area contributed by atoms with Gasteiger partial charge in [0.2, 0.25) is 5.89 Å². The number of imidazole rings is 1. The standard InChI is InChI=1S/C25H27N7O2/c1-15(2)21-18-13-16(24-29-30-25(34-24)23(33)27-9-11-31(3)4)5-7-19(18)28-22(21)17-6-8-20-26-10-12-32(20)14-17/h5-8,10,12-15,28H,9,11H2,1-4H3,(H,27,33). The average Bonchev–Trinajstić information content (AvgIpc) is 3.55. The third-order valence-corrected chi connectivity index (χ3v) is 5.80. The first-order chi connectivity index (χ1) is 16.4. The molecule has 0 unspecified atom stereocenters.